The van der Waals surface area contributed by atoms with Crippen molar-refractivity contribution in [3.05, 3.63) is 33.5 Å². The lowest BCUT2D eigenvalue weighted by molar-refractivity contribution is -0.00694. The van der Waals surface area contributed by atoms with Gasteiger partial charge in [0, 0.05) is 23.5 Å². The van der Waals surface area contributed by atoms with Crippen molar-refractivity contribution in [2.45, 2.75) is 64.3 Å². The Morgan fingerprint density at radius 3 is 2.52 bits per heavy atom. The molecule has 0 saturated heterocycles. The highest BCUT2D eigenvalue weighted by molar-refractivity contribution is 7.11. The molecule has 4 bridgehead atoms. The molecule has 140 valence electrons. The normalized spacial score (nSPS) is 32.0. The smallest absolute Gasteiger partial charge is 0.134 e. The van der Waals surface area contributed by atoms with Crippen LogP contribution < -0.4 is 0 Å². The Labute approximate surface area is 164 Å². The maximum absolute atomic E-state index is 9.75. The summed E-state index contributed by atoms with van der Waals surface area (Å²) in [5.41, 5.74) is 4.17. The molecule has 4 aliphatic carbocycles. The second-order valence-electron chi connectivity index (χ2n) is 8.96. The molecule has 0 N–H and O–H groups in total. The van der Waals surface area contributed by atoms with Gasteiger partial charge in [-0.15, -0.1) is 11.3 Å². The minimum atomic E-state index is 0.295. The summed E-state index contributed by atoms with van der Waals surface area (Å²) < 4.78 is 1.92. The molecule has 0 atom stereocenters. The summed E-state index contributed by atoms with van der Waals surface area (Å²) in [6.45, 7) is 4.95. The van der Waals surface area contributed by atoms with E-state index in [0.29, 0.717) is 11.0 Å². The predicted octanol–water partition coefficient (Wildman–Crippen LogP) is 5.20. The van der Waals surface area contributed by atoms with Gasteiger partial charge in [0.25, 0.3) is 0 Å². The number of aryl methyl sites for hydroxylation is 2. The van der Waals surface area contributed by atoms with Crippen LogP contribution in [0.4, 0.5) is 0 Å². The van der Waals surface area contributed by atoms with Crippen LogP contribution in [-0.4, -0.2) is 14.8 Å². The van der Waals surface area contributed by atoms with Crippen molar-refractivity contribution in [1.82, 2.24) is 14.8 Å². The summed E-state index contributed by atoms with van der Waals surface area (Å²) in [4.78, 5) is 5.02. The maximum atomic E-state index is 9.75. The van der Waals surface area contributed by atoms with Crippen molar-refractivity contribution in [3.63, 3.8) is 0 Å². The number of nitrogens with zero attached hydrogens (tertiary/aromatic N) is 4. The number of rotatable bonds is 4. The molecule has 2 aromatic heterocycles. The molecule has 2 heterocycles. The molecule has 0 radical (unpaired) electrons. The van der Waals surface area contributed by atoms with E-state index in [0.717, 1.165) is 40.6 Å². The van der Waals surface area contributed by atoms with Gasteiger partial charge in [0.05, 0.1) is 17.0 Å². The van der Waals surface area contributed by atoms with E-state index in [1.54, 1.807) is 11.3 Å². The first-order chi connectivity index (χ1) is 13.1. The first-order valence-corrected chi connectivity index (χ1v) is 11.1. The highest BCUT2D eigenvalue weighted by Crippen LogP contribution is 2.60. The molecule has 0 aliphatic heterocycles. The van der Waals surface area contributed by atoms with E-state index < -0.39 is 0 Å². The molecule has 4 aliphatic rings. The SMILES string of the molecule is CCn1cc(C)c(/C=C(/C#N)c2nc(C34CC5CC(CC(C5)C3)C4)cs2)n1. The van der Waals surface area contributed by atoms with Crippen LogP contribution in [0.5, 0.6) is 0 Å². The Morgan fingerprint density at radius 2 is 1.96 bits per heavy atom. The molecule has 2 aromatic rings. The van der Waals surface area contributed by atoms with E-state index in [4.69, 9.17) is 4.98 Å². The number of hydrogen-bond acceptors (Lipinski definition) is 4. The van der Waals surface area contributed by atoms with Crippen molar-refractivity contribution >= 4 is 23.0 Å². The largest absolute Gasteiger partial charge is 0.272 e. The third-order valence-electron chi connectivity index (χ3n) is 7.02. The van der Waals surface area contributed by atoms with Crippen LogP contribution in [0.2, 0.25) is 0 Å². The quantitative estimate of drug-likeness (QED) is 0.687. The Hall–Kier alpha value is -1.93. The lowest BCUT2D eigenvalue weighted by Gasteiger charge is -2.56. The van der Waals surface area contributed by atoms with Crippen LogP contribution in [-0.2, 0) is 12.0 Å². The summed E-state index contributed by atoms with van der Waals surface area (Å²) in [5, 5.41) is 17.4. The second kappa shape index (κ2) is 6.31. The first kappa shape index (κ1) is 17.2. The zero-order valence-electron chi connectivity index (χ0n) is 16.1. The molecule has 27 heavy (non-hydrogen) atoms. The summed E-state index contributed by atoms with van der Waals surface area (Å²) in [5.74, 6) is 2.73. The fourth-order valence-corrected chi connectivity index (χ4v) is 7.09. The van der Waals surface area contributed by atoms with Gasteiger partial charge in [-0.3, -0.25) is 4.68 Å². The van der Waals surface area contributed by atoms with Crippen molar-refractivity contribution in [2.75, 3.05) is 0 Å². The molecule has 6 rings (SSSR count). The summed E-state index contributed by atoms with van der Waals surface area (Å²) >= 11 is 1.63. The van der Waals surface area contributed by atoms with E-state index in [-0.39, 0.29) is 0 Å². The number of hydrogen-bond donors (Lipinski definition) is 0. The van der Waals surface area contributed by atoms with Crippen LogP contribution >= 0.6 is 11.3 Å². The predicted molar refractivity (Wildman–Crippen MR) is 108 cm³/mol. The lowest BCUT2D eigenvalue weighted by Crippen LogP contribution is -2.48. The minimum Gasteiger partial charge on any atom is -0.272 e. The number of allylic oxidation sites excluding steroid dienone is 1. The monoisotopic (exact) mass is 378 g/mol. The van der Waals surface area contributed by atoms with Crippen LogP contribution in [0.15, 0.2) is 11.6 Å². The molecule has 4 nitrogen and oxygen atoms in total. The highest BCUT2D eigenvalue weighted by Gasteiger charge is 2.52. The third-order valence-corrected chi connectivity index (χ3v) is 7.90. The Bertz CT molecular complexity index is 907. The lowest BCUT2D eigenvalue weighted by atomic mass is 9.49. The Balaban J connectivity index is 1.47. The van der Waals surface area contributed by atoms with Gasteiger partial charge in [-0.05, 0) is 81.8 Å². The number of aromatic nitrogens is 3. The molecule has 0 spiro atoms. The van der Waals surface area contributed by atoms with Gasteiger partial charge in [0.15, 0.2) is 0 Å². The average molecular weight is 379 g/mol. The second-order valence-corrected chi connectivity index (χ2v) is 9.82. The maximum Gasteiger partial charge on any atom is 0.134 e. The minimum absolute atomic E-state index is 0.295. The zero-order valence-corrected chi connectivity index (χ0v) is 16.9. The molecule has 5 heteroatoms. The van der Waals surface area contributed by atoms with Crippen LogP contribution in [0.3, 0.4) is 0 Å². The topological polar surface area (TPSA) is 54.5 Å². The van der Waals surface area contributed by atoms with Gasteiger partial charge >= 0.3 is 0 Å². The van der Waals surface area contributed by atoms with Crippen LogP contribution in [0.25, 0.3) is 11.6 Å². The molecular weight excluding hydrogens is 352 g/mol. The van der Waals surface area contributed by atoms with Gasteiger partial charge in [-0.2, -0.15) is 10.4 Å². The number of thiazole rings is 1. The summed E-state index contributed by atoms with van der Waals surface area (Å²) in [7, 11) is 0. The summed E-state index contributed by atoms with van der Waals surface area (Å²) in [6.07, 6.45) is 12.2. The molecule has 4 fully saturated rings. The van der Waals surface area contributed by atoms with E-state index in [1.165, 1.54) is 44.2 Å². The fraction of sp³-hybridized carbons (Fsp3) is 0.591. The fourth-order valence-electron chi connectivity index (χ4n) is 6.18. The Morgan fingerprint density at radius 1 is 1.30 bits per heavy atom. The molecule has 0 amide bonds. The highest BCUT2D eigenvalue weighted by atomic mass is 32.1. The van der Waals surface area contributed by atoms with E-state index in [1.807, 2.05) is 23.9 Å². The van der Waals surface area contributed by atoms with Gasteiger partial charge in [-0.1, -0.05) is 0 Å². The van der Waals surface area contributed by atoms with Crippen LogP contribution in [0, 0.1) is 36.0 Å². The van der Waals surface area contributed by atoms with Crippen molar-refractivity contribution < 1.29 is 0 Å². The molecule has 0 aromatic carbocycles. The van der Waals surface area contributed by atoms with Crippen molar-refractivity contribution in [2.24, 2.45) is 17.8 Å². The Kier molecular flexibility index (Phi) is 4.01. The van der Waals surface area contributed by atoms with E-state index in [2.05, 4.69) is 23.5 Å². The van der Waals surface area contributed by atoms with E-state index in [9.17, 15) is 5.26 Å². The zero-order chi connectivity index (χ0) is 18.6. The molecular formula is C22H26N4S. The van der Waals surface area contributed by atoms with Crippen molar-refractivity contribution in [3.8, 4) is 6.07 Å². The molecule has 0 unspecified atom stereocenters. The average Bonchev–Trinajstić information content (AvgIpc) is 3.26. The first-order valence-electron chi connectivity index (χ1n) is 10.2. The van der Waals surface area contributed by atoms with Gasteiger partial charge in [0.1, 0.15) is 11.1 Å². The van der Waals surface area contributed by atoms with Gasteiger partial charge in [0.2, 0.25) is 0 Å². The van der Waals surface area contributed by atoms with Gasteiger partial charge in [-0.25, -0.2) is 4.98 Å². The van der Waals surface area contributed by atoms with E-state index >= 15 is 0 Å². The van der Waals surface area contributed by atoms with Gasteiger partial charge < -0.3 is 0 Å². The van der Waals surface area contributed by atoms with Crippen molar-refractivity contribution in [1.29, 1.82) is 5.26 Å². The third kappa shape index (κ3) is 2.86. The number of nitriles is 1. The standard InChI is InChI=1S/C22H26N4S/c1-3-26-12-14(2)19(25-26)7-18(11-23)21-24-20(13-27-21)22-8-15-4-16(9-22)6-17(5-15)10-22/h7,12-13,15-17H,3-6,8-10H2,1-2H3/b18-7-. The van der Waals surface area contributed by atoms with Crippen LogP contribution in [0.1, 0.15) is 67.4 Å². The summed E-state index contributed by atoms with van der Waals surface area (Å²) in [6, 6.07) is 2.37. The molecule has 4 saturated carbocycles.